The van der Waals surface area contributed by atoms with E-state index < -0.39 is 0 Å². The van der Waals surface area contributed by atoms with Gasteiger partial charge in [0.15, 0.2) is 0 Å². The van der Waals surface area contributed by atoms with E-state index in [-0.39, 0.29) is 17.8 Å². The van der Waals surface area contributed by atoms with Crippen LogP contribution in [-0.2, 0) is 13.1 Å². The van der Waals surface area contributed by atoms with Crippen LogP contribution >= 0.6 is 0 Å². The average Bonchev–Trinajstić information content (AvgIpc) is 2.46. The molecule has 0 unspecified atom stereocenters. The van der Waals surface area contributed by atoms with E-state index in [1.54, 1.807) is 19.2 Å². The minimum atomic E-state index is -0.324. The third-order valence-corrected chi connectivity index (χ3v) is 3.14. The first-order valence-corrected chi connectivity index (χ1v) is 6.87. The van der Waals surface area contributed by atoms with Gasteiger partial charge in [0.05, 0.1) is 19.3 Å². The first-order chi connectivity index (χ1) is 10.0. The summed E-state index contributed by atoms with van der Waals surface area (Å²) in [5.74, 6) is 0.662. The fourth-order valence-electron chi connectivity index (χ4n) is 2.18. The molecule has 0 bridgehead atoms. The third-order valence-electron chi connectivity index (χ3n) is 3.14. The monoisotopic (exact) mass is 289 g/mol. The second-order valence-corrected chi connectivity index (χ2v) is 4.86. The molecule has 0 saturated heterocycles. The molecular weight excluding hydrogens is 270 g/mol. The highest BCUT2D eigenvalue weighted by Crippen LogP contribution is 2.13. The molecule has 2 rings (SSSR count). The van der Waals surface area contributed by atoms with Gasteiger partial charge < -0.3 is 9.30 Å². The zero-order valence-corrected chi connectivity index (χ0v) is 12.5. The van der Waals surface area contributed by atoms with Crippen molar-refractivity contribution in [2.75, 3.05) is 7.11 Å². The first-order valence-electron chi connectivity index (χ1n) is 6.87. The van der Waals surface area contributed by atoms with Crippen molar-refractivity contribution in [3.8, 4) is 5.75 Å². The van der Waals surface area contributed by atoms with Crippen molar-refractivity contribution < 1.29 is 4.74 Å². The van der Waals surface area contributed by atoms with Gasteiger partial charge in [-0.25, -0.2) is 4.79 Å². The minimum Gasteiger partial charge on any atom is -0.497 e. The Balaban J connectivity index is 2.44. The Hall–Kier alpha value is -2.37. The standard InChI is InChI=1S/C15H19N3O3/c1-4-6-17-7-5-14(19)18(15(17)20)10-12-9-13(21-3)8-11(2)16-12/h5,7-9H,4,6,10H2,1-3H3. The molecule has 6 nitrogen and oxygen atoms in total. The first kappa shape index (κ1) is 15.0. The number of methoxy groups -OCH3 is 1. The quantitative estimate of drug-likeness (QED) is 0.829. The van der Waals surface area contributed by atoms with Crippen LogP contribution in [0.15, 0.2) is 34.0 Å². The summed E-state index contributed by atoms with van der Waals surface area (Å²) < 4.78 is 7.91. The number of aromatic nitrogens is 3. The van der Waals surface area contributed by atoms with Crippen molar-refractivity contribution in [3.05, 3.63) is 56.6 Å². The van der Waals surface area contributed by atoms with Gasteiger partial charge in [-0.1, -0.05) is 6.92 Å². The number of hydrogen-bond donors (Lipinski definition) is 0. The van der Waals surface area contributed by atoms with Gasteiger partial charge in [0, 0.05) is 36.6 Å². The van der Waals surface area contributed by atoms with Gasteiger partial charge in [-0.3, -0.25) is 14.3 Å². The number of ether oxygens (including phenoxy) is 1. The summed E-state index contributed by atoms with van der Waals surface area (Å²) in [6.45, 7) is 4.55. The van der Waals surface area contributed by atoms with Crippen LogP contribution in [0.1, 0.15) is 24.7 Å². The Labute approximate surface area is 122 Å². The van der Waals surface area contributed by atoms with E-state index in [0.29, 0.717) is 18.0 Å². The van der Waals surface area contributed by atoms with E-state index in [9.17, 15) is 9.59 Å². The van der Waals surface area contributed by atoms with Crippen LogP contribution in [0.25, 0.3) is 0 Å². The van der Waals surface area contributed by atoms with E-state index in [0.717, 1.165) is 12.1 Å². The summed E-state index contributed by atoms with van der Waals surface area (Å²) >= 11 is 0. The van der Waals surface area contributed by atoms with Crippen molar-refractivity contribution >= 4 is 0 Å². The molecule has 0 spiro atoms. The fraction of sp³-hybridized carbons (Fsp3) is 0.400. The molecule has 2 aromatic rings. The summed E-state index contributed by atoms with van der Waals surface area (Å²) in [6, 6.07) is 4.94. The molecule has 0 radical (unpaired) electrons. The molecule has 0 aliphatic rings. The minimum absolute atomic E-state index is 0.139. The SMILES string of the molecule is CCCn1ccc(=O)n(Cc2cc(OC)cc(C)n2)c1=O. The molecule has 112 valence electrons. The molecule has 0 aliphatic carbocycles. The van der Waals surface area contributed by atoms with Gasteiger partial charge in [0.1, 0.15) is 5.75 Å². The van der Waals surface area contributed by atoms with E-state index >= 15 is 0 Å². The van der Waals surface area contributed by atoms with E-state index in [2.05, 4.69) is 4.98 Å². The van der Waals surface area contributed by atoms with Crippen molar-refractivity contribution in [2.24, 2.45) is 0 Å². The zero-order chi connectivity index (χ0) is 15.4. The number of nitrogens with zero attached hydrogens (tertiary/aromatic N) is 3. The molecule has 0 saturated carbocycles. The maximum atomic E-state index is 12.3. The van der Waals surface area contributed by atoms with Gasteiger partial charge in [-0.2, -0.15) is 0 Å². The normalized spacial score (nSPS) is 10.6. The summed E-state index contributed by atoms with van der Waals surface area (Å²) in [5.41, 5.74) is 0.767. The molecule has 2 heterocycles. The molecule has 0 amide bonds. The molecule has 0 fully saturated rings. The van der Waals surface area contributed by atoms with Crippen LogP contribution in [0.3, 0.4) is 0 Å². The maximum absolute atomic E-state index is 12.3. The lowest BCUT2D eigenvalue weighted by Crippen LogP contribution is -2.39. The maximum Gasteiger partial charge on any atom is 0.331 e. The van der Waals surface area contributed by atoms with E-state index in [1.807, 2.05) is 13.8 Å². The van der Waals surface area contributed by atoms with Crippen molar-refractivity contribution in [1.29, 1.82) is 0 Å². The average molecular weight is 289 g/mol. The second kappa shape index (κ2) is 6.39. The molecule has 0 N–H and O–H groups in total. The third kappa shape index (κ3) is 3.39. The summed E-state index contributed by atoms with van der Waals surface area (Å²) in [4.78, 5) is 28.6. The summed E-state index contributed by atoms with van der Waals surface area (Å²) in [5, 5.41) is 0. The van der Waals surface area contributed by atoms with Crippen LogP contribution in [0.2, 0.25) is 0 Å². The zero-order valence-electron chi connectivity index (χ0n) is 12.5. The van der Waals surface area contributed by atoms with Gasteiger partial charge in [-0.15, -0.1) is 0 Å². The predicted molar refractivity (Wildman–Crippen MR) is 79.9 cm³/mol. The van der Waals surface area contributed by atoms with Crippen molar-refractivity contribution in [1.82, 2.24) is 14.1 Å². The molecule has 2 aromatic heterocycles. The Bertz CT molecular complexity index is 747. The Kier molecular flexibility index (Phi) is 4.57. The number of hydrogen-bond acceptors (Lipinski definition) is 4. The molecule has 0 aliphatic heterocycles. The highest BCUT2D eigenvalue weighted by atomic mass is 16.5. The van der Waals surface area contributed by atoms with Gasteiger partial charge in [0.25, 0.3) is 5.56 Å². The Morgan fingerprint density at radius 2 is 2.05 bits per heavy atom. The smallest absolute Gasteiger partial charge is 0.331 e. The summed E-state index contributed by atoms with van der Waals surface area (Å²) in [6.07, 6.45) is 2.36. The van der Waals surface area contributed by atoms with Gasteiger partial charge >= 0.3 is 5.69 Å². The van der Waals surface area contributed by atoms with Crippen LogP contribution < -0.4 is 16.0 Å². The second-order valence-electron chi connectivity index (χ2n) is 4.86. The lowest BCUT2D eigenvalue weighted by molar-refractivity contribution is 0.412. The number of pyridine rings is 1. The van der Waals surface area contributed by atoms with Crippen LogP contribution in [0.5, 0.6) is 5.75 Å². The molecule has 0 aromatic carbocycles. The Morgan fingerprint density at radius 1 is 1.29 bits per heavy atom. The van der Waals surface area contributed by atoms with Crippen molar-refractivity contribution in [3.63, 3.8) is 0 Å². The highest BCUT2D eigenvalue weighted by molar-refractivity contribution is 5.26. The molecule has 6 heteroatoms. The lowest BCUT2D eigenvalue weighted by Gasteiger charge is -2.10. The van der Waals surface area contributed by atoms with Crippen LogP contribution in [-0.4, -0.2) is 21.2 Å². The predicted octanol–water partition coefficient (Wildman–Crippen LogP) is 1.18. The molecule has 0 atom stereocenters. The topological polar surface area (TPSA) is 66.1 Å². The van der Waals surface area contributed by atoms with Crippen LogP contribution in [0, 0.1) is 6.92 Å². The Morgan fingerprint density at radius 3 is 2.71 bits per heavy atom. The lowest BCUT2D eigenvalue weighted by atomic mass is 10.3. The fourth-order valence-corrected chi connectivity index (χ4v) is 2.18. The largest absolute Gasteiger partial charge is 0.497 e. The van der Waals surface area contributed by atoms with Gasteiger partial charge in [0.2, 0.25) is 0 Å². The van der Waals surface area contributed by atoms with E-state index in [4.69, 9.17) is 4.74 Å². The molecular formula is C15H19N3O3. The van der Waals surface area contributed by atoms with E-state index in [1.165, 1.54) is 21.4 Å². The molecule has 21 heavy (non-hydrogen) atoms. The van der Waals surface area contributed by atoms with Gasteiger partial charge in [-0.05, 0) is 13.3 Å². The summed E-state index contributed by atoms with van der Waals surface area (Å²) in [7, 11) is 1.57. The highest BCUT2D eigenvalue weighted by Gasteiger charge is 2.08. The van der Waals surface area contributed by atoms with Crippen molar-refractivity contribution in [2.45, 2.75) is 33.4 Å². The number of aryl methyl sites for hydroxylation is 2. The number of rotatable bonds is 5. The van der Waals surface area contributed by atoms with Crippen LogP contribution in [0.4, 0.5) is 0 Å².